The molecule has 0 saturated carbocycles. The van der Waals surface area contributed by atoms with E-state index in [1.807, 2.05) is 0 Å². The molecule has 2 aliphatic heterocycles. The Bertz CT molecular complexity index is 3870. The molecule has 0 bridgehead atoms. The summed E-state index contributed by atoms with van der Waals surface area (Å²) in [7, 11) is 0. The molecular formula is C73H70BN3O. The predicted molar refractivity (Wildman–Crippen MR) is 333 cm³/mol. The van der Waals surface area contributed by atoms with Crippen LogP contribution in [0.4, 0.5) is 45.5 Å². The van der Waals surface area contributed by atoms with E-state index in [0.29, 0.717) is 0 Å². The second kappa shape index (κ2) is 19.8. The number of rotatable bonds is 13. The largest absolute Gasteiger partial charge is 0.466 e. The maximum atomic E-state index is 7.52. The minimum atomic E-state index is -0.305. The maximum Gasteiger partial charge on any atom is 0.375 e. The van der Waals surface area contributed by atoms with Gasteiger partial charge in [0.2, 0.25) is 0 Å². The molecule has 0 radical (unpaired) electrons. The lowest BCUT2D eigenvalue weighted by Crippen LogP contribution is -2.61. The van der Waals surface area contributed by atoms with Crippen molar-refractivity contribution in [2.45, 2.75) is 111 Å². The van der Waals surface area contributed by atoms with Crippen LogP contribution in [0, 0.1) is 6.92 Å². The first-order valence-electron chi connectivity index (χ1n) is 28.8. The van der Waals surface area contributed by atoms with E-state index in [-0.39, 0.29) is 17.7 Å². The van der Waals surface area contributed by atoms with Gasteiger partial charge in [0, 0.05) is 50.6 Å². The molecule has 10 aromatic rings. The van der Waals surface area contributed by atoms with Crippen molar-refractivity contribution in [2.75, 3.05) is 14.6 Å². The molecule has 1 aliphatic carbocycles. The molecule has 3 aliphatic rings. The first-order chi connectivity index (χ1) is 38.0. The zero-order chi connectivity index (χ0) is 53.3. The van der Waals surface area contributed by atoms with Crippen LogP contribution in [0.25, 0.3) is 44.3 Å². The molecule has 3 heterocycles. The Morgan fingerprint density at radius 2 is 1.14 bits per heavy atom. The molecule has 13 rings (SSSR count). The molecule has 0 saturated heterocycles. The van der Waals surface area contributed by atoms with Gasteiger partial charge in [0.1, 0.15) is 11.2 Å². The number of benzene rings is 9. The Morgan fingerprint density at radius 1 is 0.500 bits per heavy atom. The normalized spacial score (nSPS) is 14.7. The van der Waals surface area contributed by atoms with Gasteiger partial charge >= 0.3 is 6.85 Å². The summed E-state index contributed by atoms with van der Waals surface area (Å²) in [4.78, 5) is 7.68. The first kappa shape index (κ1) is 49.6. The smallest absolute Gasteiger partial charge is 0.375 e. The number of furan rings is 1. The molecule has 0 N–H and O–H groups in total. The molecule has 386 valence electrons. The minimum Gasteiger partial charge on any atom is -0.466 e. The van der Waals surface area contributed by atoms with Gasteiger partial charge in [0.25, 0.3) is 0 Å². The van der Waals surface area contributed by atoms with E-state index in [1.54, 1.807) is 0 Å². The van der Waals surface area contributed by atoms with Crippen LogP contribution in [0.2, 0.25) is 0 Å². The minimum absolute atomic E-state index is 0.00212. The van der Waals surface area contributed by atoms with Gasteiger partial charge in [0.05, 0.1) is 11.4 Å². The Hall–Kier alpha value is -8.02. The van der Waals surface area contributed by atoms with Gasteiger partial charge in [-0.25, -0.2) is 0 Å². The van der Waals surface area contributed by atoms with E-state index in [9.17, 15) is 0 Å². The zero-order valence-electron chi connectivity index (χ0n) is 46.5. The van der Waals surface area contributed by atoms with Crippen molar-refractivity contribution >= 4 is 74.4 Å². The average molecular weight is 1020 g/mol. The SMILES string of the molecule is CCCCc1ccc(N(c2ccccc2)c2ccc3c(c2)-c2cc(-c4ccccc4C)cc4c2B(c2oc5ccccc5c2N4c2ccc(CCCC)cc2-c2ccccc2)N3c2ccc3c(c2)C(C)(C)CCC3(C)C)cc1. The number of hydrogen-bond acceptors (Lipinski definition) is 4. The monoisotopic (exact) mass is 1020 g/mol. The fraction of sp³-hybridized carbons (Fsp3) is 0.233. The van der Waals surface area contributed by atoms with Crippen molar-refractivity contribution in [1.29, 1.82) is 0 Å². The number of fused-ring (bicyclic) bond motifs is 7. The number of hydrogen-bond donors (Lipinski definition) is 0. The van der Waals surface area contributed by atoms with Crippen LogP contribution in [-0.2, 0) is 23.7 Å². The maximum absolute atomic E-state index is 7.52. The van der Waals surface area contributed by atoms with Gasteiger partial charge in [0.15, 0.2) is 0 Å². The van der Waals surface area contributed by atoms with Gasteiger partial charge in [-0.15, -0.1) is 0 Å². The van der Waals surface area contributed by atoms with Crippen LogP contribution in [0.1, 0.15) is 108 Å². The van der Waals surface area contributed by atoms with Crippen molar-refractivity contribution in [2.24, 2.45) is 0 Å². The average Bonchev–Trinajstić information content (AvgIpc) is 3.46. The molecule has 0 spiro atoms. The summed E-state index contributed by atoms with van der Waals surface area (Å²) in [6, 6.07) is 75.8. The lowest BCUT2D eigenvalue weighted by Gasteiger charge is -2.46. The van der Waals surface area contributed by atoms with Crippen LogP contribution in [0.5, 0.6) is 0 Å². The lowest BCUT2D eigenvalue weighted by molar-refractivity contribution is 0.332. The molecule has 0 amide bonds. The highest BCUT2D eigenvalue weighted by Gasteiger charge is 2.50. The fourth-order valence-electron chi connectivity index (χ4n) is 13.2. The van der Waals surface area contributed by atoms with Crippen LogP contribution in [-0.4, -0.2) is 6.85 Å². The number of nitrogens with zero attached hydrogens (tertiary/aromatic N) is 3. The summed E-state index contributed by atoms with van der Waals surface area (Å²) >= 11 is 0. The second-order valence-electron chi connectivity index (χ2n) is 23.7. The van der Waals surface area contributed by atoms with Crippen molar-refractivity contribution in [3.63, 3.8) is 0 Å². The van der Waals surface area contributed by atoms with Gasteiger partial charge < -0.3 is 19.0 Å². The third-order valence-corrected chi connectivity index (χ3v) is 17.6. The van der Waals surface area contributed by atoms with Gasteiger partial charge in [-0.3, -0.25) is 0 Å². The van der Waals surface area contributed by atoms with E-state index >= 15 is 0 Å². The molecule has 78 heavy (non-hydrogen) atoms. The summed E-state index contributed by atoms with van der Waals surface area (Å²) in [6.45, 7) is 16.3. The van der Waals surface area contributed by atoms with Crippen LogP contribution in [0.3, 0.4) is 0 Å². The standard InChI is InChI=1S/C73H70BN3O/c1-8-10-23-50-32-35-55(36-33-50)75(54-27-16-13-17-28-54)56-38-41-66-61(47-56)62-45-53(58-29-19-18-22-49(58)3)46-67-69(62)74(77(66)57-37-39-63-64(48-57)73(6,7)43-42-72(63,4)5)71-70(59-30-20-21-31-68(59)78-71)76(67)65-40-34-51(24-11-9-2)44-60(65)52-25-14-12-15-26-52/h12-22,25-41,44-48H,8-11,23-24,42-43H2,1-7H3. The molecule has 0 fully saturated rings. The summed E-state index contributed by atoms with van der Waals surface area (Å²) in [5.41, 5.74) is 26.3. The molecular weight excluding hydrogens is 946 g/mol. The molecule has 9 aromatic carbocycles. The summed E-state index contributed by atoms with van der Waals surface area (Å²) in [5.74, 6) is 0. The molecule has 0 unspecified atom stereocenters. The third-order valence-electron chi connectivity index (χ3n) is 17.6. The number of aryl methyl sites for hydroxylation is 3. The Labute approximate surface area is 463 Å². The van der Waals surface area contributed by atoms with Crippen LogP contribution >= 0.6 is 0 Å². The zero-order valence-corrected chi connectivity index (χ0v) is 46.5. The van der Waals surface area contributed by atoms with E-state index in [2.05, 4.69) is 263 Å². The molecule has 1 aromatic heterocycles. The van der Waals surface area contributed by atoms with Crippen molar-refractivity contribution in [3.8, 4) is 33.4 Å². The van der Waals surface area contributed by atoms with Crippen molar-refractivity contribution in [1.82, 2.24) is 0 Å². The Morgan fingerprint density at radius 3 is 1.90 bits per heavy atom. The third kappa shape index (κ3) is 8.45. The van der Waals surface area contributed by atoms with Gasteiger partial charge in [-0.2, -0.15) is 0 Å². The molecule has 0 atom stereocenters. The Balaban J connectivity index is 1.14. The highest BCUT2D eigenvalue weighted by molar-refractivity contribution is 6.93. The first-order valence-corrected chi connectivity index (χ1v) is 28.8. The predicted octanol–water partition coefficient (Wildman–Crippen LogP) is 19.3. The second-order valence-corrected chi connectivity index (χ2v) is 23.7. The topological polar surface area (TPSA) is 22.9 Å². The van der Waals surface area contributed by atoms with E-state index in [0.717, 1.165) is 95.0 Å². The van der Waals surface area contributed by atoms with Crippen molar-refractivity contribution < 1.29 is 4.42 Å². The number of para-hydroxylation sites is 2. The summed E-state index contributed by atoms with van der Waals surface area (Å²) in [5, 5.41) is 1.10. The van der Waals surface area contributed by atoms with Gasteiger partial charge in [-0.05, 0) is 203 Å². The van der Waals surface area contributed by atoms with E-state index in [4.69, 9.17) is 4.42 Å². The summed E-state index contributed by atoms with van der Waals surface area (Å²) in [6.07, 6.45) is 9.04. The van der Waals surface area contributed by atoms with Crippen LogP contribution < -0.4 is 25.7 Å². The van der Waals surface area contributed by atoms with Gasteiger partial charge in [-0.1, -0.05) is 164 Å². The number of anilines is 8. The molecule has 5 heteroatoms. The van der Waals surface area contributed by atoms with Crippen molar-refractivity contribution in [3.05, 3.63) is 228 Å². The number of unbranched alkanes of at least 4 members (excludes halogenated alkanes) is 2. The van der Waals surface area contributed by atoms with Crippen LogP contribution in [0.15, 0.2) is 205 Å². The molecule has 4 nitrogen and oxygen atoms in total. The fourth-order valence-corrected chi connectivity index (χ4v) is 13.2. The highest BCUT2D eigenvalue weighted by atomic mass is 16.3. The highest BCUT2D eigenvalue weighted by Crippen LogP contribution is 2.54. The van der Waals surface area contributed by atoms with E-state index in [1.165, 1.54) is 85.2 Å². The Kier molecular flexibility index (Phi) is 12.6. The lowest BCUT2D eigenvalue weighted by atomic mass is 9.45. The van der Waals surface area contributed by atoms with E-state index < -0.39 is 0 Å². The summed E-state index contributed by atoms with van der Waals surface area (Å²) < 4.78 is 7.52. The quantitative estimate of drug-likeness (QED) is 0.107.